The number of halogens is 4. The van der Waals surface area contributed by atoms with Crippen LogP contribution in [0.5, 0.6) is 0 Å². The summed E-state index contributed by atoms with van der Waals surface area (Å²) < 4.78 is 4.74. The molecule has 0 aliphatic carbocycles. The van der Waals surface area contributed by atoms with Gasteiger partial charge in [0.05, 0.1) is 27.8 Å². The van der Waals surface area contributed by atoms with Crippen LogP contribution >= 0.6 is 46.4 Å². The van der Waals surface area contributed by atoms with Gasteiger partial charge in [-0.1, -0.05) is 46.4 Å². The first-order chi connectivity index (χ1) is 11.3. The molecule has 0 spiro atoms. The Kier molecular flexibility index (Phi) is 8.21. The van der Waals surface area contributed by atoms with Gasteiger partial charge in [-0.25, -0.2) is 19.6 Å². The lowest BCUT2D eigenvalue weighted by Gasteiger charge is -2.02. The summed E-state index contributed by atoms with van der Waals surface area (Å²) in [6.07, 6.45) is 2.41. The fourth-order valence-electron chi connectivity index (χ4n) is 1.33. The summed E-state index contributed by atoms with van der Waals surface area (Å²) >= 11 is 22.2. The third kappa shape index (κ3) is 6.13. The van der Waals surface area contributed by atoms with Crippen LogP contribution in [-0.4, -0.2) is 33.6 Å². The number of aromatic carboxylic acids is 1. The molecule has 10 heteroatoms. The highest BCUT2D eigenvalue weighted by Gasteiger charge is 2.11. The summed E-state index contributed by atoms with van der Waals surface area (Å²) in [5.41, 5.74) is 0.184. The number of nitrogens with zero attached hydrogens (tertiary/aromatic N) is 2. The number of hydrogen-bond acceptors (Lipinski definition) is 5. The average Bonchev–Trinajstić information content (AvgIpc) is 2.47. The van der Waals surface area contributed by atoms with Crippen molar-refractivity contribution >= 4 is 58.3 Å². The second kappa shape index (κ2) is 9.64. The first-order valence-corrected chi connectivity index (χ1v) is 7.80. The molecule has 1 N–H and O–H groups in total. The van der Waals surface area contributed by atoms with Crippen LogP contribution in [0.15, 0.2) is 24.5 Å². The SMILES string of the molecule is CCOC(=O)c1cnc(Cl)cc1Cl.O=C(O)c1cnc(Cl)cc1Cl. The van der Waals surface area contributed by atoms with Crippen LogP contribution in [0.3, 0.4) is 0 Å². The van der Waals surface area contributed by atoms with Crippen molar-refractivity contribution in [3.63, 3.8) is 0 Å². The highest BCUT2D eigenvalue weighted by Crippen LogP contribution is 2.19. The molecule has 0 saturated carbocycles. The van der Waals surface area contributed by atoms with E-state index in [9.17, 15) is 9.59 Å². The third-order valence-corrected chi connectivity index (χ3v) is 3.40. The van der Waals surface area contributed by atoms with Crippen LogP contribution in [0.2, 0.25) is 20.4 Å². The maximum Gasteiger partial charge on any atom is 0.341 e. The minimum atomic E-state index is -1.11. The molecule has 0 radical (unpaired) electrons. The van der Waals surface area contributed by atoms with Crippen LogP contribution in [-0.2, 0) is 4.74 Å². The zero-order valence-electron chi connectivity index (χ0n) is 12.1. The average molecular weight is 412 g/mol. The number of carboxylic acid groups (broad SMARTS) is 1. The van der Waals surface area contributed by atoms with Gasteiger partial charge in [0.25, 0.3) is 0 Å². The fourth-order valence-corrected chi connectivity index (χ4v) is 2.22. The number of pyridine rings is 2. The van der Waals surface area contributed by atoms with Crippen molar-refractivity contribution in [2.75, 3.05) is 6.61 Å². The van der Waals surface area contributed by atoms with Crippen molar-refractivity contribution in [1.29, 1.82) is 0 Å². The summed E-state index contributed by atoms with van der Waals surface area (Å²) in [6, 6.07) is 2.68. The van der Waals surface area contributed by atoms with Crippen molar-refractivity contribution in [2.45, 2.75) is 6.92 Å². The van der Waals surface area contributed by atoms with Crippen molar-refractivity contribution in [3.05, 3.63) is 56.0 Å². The number of carbonyl (C=O) groups excluding carboxylic acids is 1. The highest BCUT2D eigenvalue weighted by molar-refractivity contribution is 6.36. The van der Waals surface area contributed by atoms with Crippen molar-refractivity contribution in [2.24, 2.45) is 0 Å². The minimum absolute atomic E-state index is 0.0453. The van der Waals surface area contributed by atoms with Gasteiger partial charge >= 0.3 is 11.9 Å². The summed E-state index contributed by atoms with van der Waals surface area (Å²) in [7, 11) is 0. The molecule has 0 unspecified atom stereocenters. The van der Waals surface area contributed by atoms with E-state index in [2.05, 4.69) is 9.97 Å². The quantitative estimate of drug-likeness (QED) is 0.583. The van der Waals surface area contributed by atoms with Gasteiger partial charge in [0.15, 0.2) is 0 Å². The lowest BCUT2D eigenvalue weighted by atomic mass is 10.3. The van der Waals surface area contributed by atoms with E-state index in [1.807, 2.05) is 0 Å². The molecule has 24 heavy (non-hydrogen) atoms. The third-order valence-electron chi connectivity index (χ3n) is 2.37. The molecule has 0 aliphatic heterocycles. The van der Waals surface area contributed by atoms with Crippen molar-refractivity contribution in [1.82, 2.24) is 9.97 Å². The fraction of sp³-hybridized carbons (Fsp3) is 0.143. The molecular weight excluding hydrogens is 402 g/mol. The van der Waals surface area contributed by atoms with Crippen LogP contribution in [0, 0.1) is 0 Å². The molecule has 2 heterocycles. The Hall–Kier alpha value is -1.60. The number of carbonyl (C=O) groups is 2. The standard InChI is InChI=1S/C8H7Cl2NO2.C6H3Cl2NO2/c1-2-13-8(12)5-4-11-7(10)3-6(5)9;7-4-1-5(8)9-2-3(4)6(10)11/h3-4H,2H2,1H3;1-2H,(H,10,11). The molecule has 0 atom stereocenters. The molecule has 2 aromatic rings. The lowest BCUT2D eigenvalue weighted by Crippen LogP contribution is -2.05. The molecule has 128 valence electrons. The van der Waals surface area contributed by atoms with E-state index >= 15 is 0 Å². The molecular formula is C14H10Cl4N2O4. The Morgan fingerprint density at radius 3 is 1.83 bits per heavy atom. The van der Waals surface area contributed by atoms with Crippen molar-refractivity contribution in [3.8, 4) is 0 Å². The largest absolute Gasteiger partial charge is 0.478 e. The van der Waals surface area contributed by atoms with Crippen LogP contribution in [0.25, 0.3) is 0 Å². The molecule has 0 saturated heterocycles. The lowest BCUT2D eigenvalue weighted by molar-refractivity contribution is 0.0525. The summed E-state index contributed by atoms with van der Waals surface area (Å²) in [4.78, 5) is 28.8. The number of ether oxygens (including phenoxy) is 1. The van der Waals surface area contributed by atoms with E-state index < -0.39 is 11.9 Å². The number of rotatable bonds is 3. The Morgan fingerprint density at radius 2 is 1.46 bits per heavy atom. The van der Waals surface area contributed by atoms with Gasteiger partial charge in [-0.3, -0.25) is 0 Å². The summed E-state index contributed by atoms with van der Waals surface area (Å²) in [5, 5.41) is 9.26. The molecule has 0 aliphatic rings. The number of carboxylic acids is 1. The van der Waals surface area contributed by atoms with E-state index in [-0.39, 0.29) is 31.5 Å². The van der Waals surface area contributed by atoms with E-state index in [0.29, 0.717) is 6.61 Å². The minimum Gasteiger partial charge on any atom is -0.478 e. The second-order valence-corrected chi connectivity index (χ2v) is 5.59. The second-order valence-electron chi connectivity index (χ2n) is 4.00. The Labute approximate surface area is 157 Å². The Bertz CT molecular complexity index is 756. The normalized spacial score (nSPS) is 9.71. The molecule has 2 rings (SSSR count). The molecule has 0 amide bonds. The molecule has 2 aromatic heterocycles. The van der Waals surface area contributed by atoms with E-state index in [1.165, 1.54) is 18.3 Å². The van der Waals surface area contributed by atoms with Gasteiger partial charge in [0, 0.05) is 12.4 Å². The maximum atomic E-state index is 11.2. The Morgan fingerprint density at radius 1 is 1.00 bits per heavy atom. The zero-order chi connectivity index (χ0) is 18.3. The number of aromatic nitrogens is 2. The highest BCUT2D eigenvalue weighted by atomic mass is 35.5. The van der Waals surface area contributed by atoms with Crippen LogP contribution in [0.4, 0.5) is 0 Å². The van der Waals surface area contributed by atoms with Gasteiger partial charge in [-0.05, 0) is 19.1 Å². The monoisotopic (exact) mass is 410 g/mol. The van der Waals surface area contributed by atoms with Gasteiger partial charge in [-0.15, -0.1) is 0 Å². The molecule has 0 fully saturated rings. The Balaban J connectivity index is 0.000000243. The van der Waals surface area contributed by atoms with Crippen molar-refractivity contribution < 1.29 is 19.4 Å². The van der Waals surface area contributed by atoms with Gasteiger partial charge < -0.3 is 9.84 Å². The zero-order valence-corrected chi connectivity index (χ0v) is 15.1. The predicted octanol–water partition coefficient (Wildman–Crippen LogP) is 4.65. The van der Waals surface area contributed by atoms with E-state index in [4.69, 9.17) is 56.2 Å². The van der Waals surface area contributed by atoms with Gasteiger partial charge in [0.1, 0.15) is 10.3 Å². The number of hydrogen-bond donors (Lipinski definition) is 1. The molecule has 0 bridgehead atoms. The van der Waals surface area contributed by atoms with Crippen LogP contribution < -0.4 is 0 Å². The van der Waals surface area contributed by atoms with Crippen LogP contribution in [0.1, 0.15) is 27.6 Å². The first kappa shape index (κ1) is 20.4. The smallest absolute Gasteiger partial charge is 0.341 e. The van der Waals surface area contributed by atoms with E-state index in [1.54, 1.807) is 6.92 Å². The van der Waals surface area contributed by atoms with E-state index in [0.717, 1.165) is 6.20 Å². The molecule has 0 aromatic carbocycles. The first-order valence-electron chi connectivity index (χ1n) is 6.28. The van der Waals surface area contributed by atoms with Gasteiger partial charge in [0.2, 0.25) is 0 Å². The van der Waals surface area contributed by atoms with Gasteiger partial charge in [-0.2, -0.15) is 0 Å². The maximum absolute atomic E-state index is 11.2. The predicted molar refractivity (Wildman–Crippen MR) is 91.4 cm³/mol. The topological polar surface area (TPSA) is 89.4 Å². The summed E-state index contributed by atoms with van der Waals surface area (Å²) in [6.45, 7) is 2.02. The number of esters is 1. The summed E-state index contributed by atoms with van der Waals surface area (Å²) in [5.74, 6) is -1.60. The molecule has 6 nitrogen and oxygen atoms in total.